The maximum absolute atomic E-state index is 2.44. The molecule has 0 aliphatic heterocycles. The SMILES string of the molecule is c1ccc(-n2c3ccccc3c3c(N(c4ccc(-c5ccc6ccccc6c5)cc4)c4ccc5ccc6ccccc6c5c4)cccc32)cc1. The Labute approximate surface area is 290 Å². The maximum Gasteiger partial charge on any atom is 0.0562 e. The first-order chi connectivity index (χ1) is 24.8. The van der Waals surface area contributed by atoms with Gasteiger partial charge in [0.05, 0.1) is 16.7 Å². The zero-order chi connectivity index (χ0) is 33.0. The molecule has 1 aromatic heterocycles. The molecule has 0 aliphatic carbocycles. The van der Waals surface area contributed by atoms with Crippen molar-refractivity contribution in [2.24, 2.45) is 0 Å². The molecule has 0 fully saturated rings. The molecule has 234 valence electrons. The molecule has 0 aliphatic rings. The highest BCUT2D eigenvalue weighted by Gasteiger charge is 2.21. The van der Waals surface area contributed by atoms with E-state index in [9.17, 15) is 0 Å². The average Bonchev–Trinajstić information content (AvgIpc) is 3.53. The van der Waals surface area contributed by atoms with Gasteiger partial charge in [-0.25, -0.2) is 0 Å². The van der Waals surface area contributed by atoms with Crippen LogP contribution >= 0.6 is 0 Å². The third-order valence-electron chi connectivity index (χ3n) is 10.1. The van der Waals surface area contributed by atoms with Crippen LogP contribution in [0.15, 0.2) is 194 Å². The van der Waals surface area contributed by atoms with E-state index in [1.54, 1.807) is 0 Å². The number of fused-ring (bicyclic) bond motifs is 7. The van der Waals surface area contributed by atoms with Crippen molar-refractivity contribution in [3.8, 4) is 16.8 Å². The molecule has 1 heterocycles. The molecule has 0 atom stereocenters. The van der Waals surface area contributed by atoms with Crippen LogP contribution in [0.25, 0.3) is 70.9 Å². The first-order valence-corrected chi connectivity index (χ1v) is 17.2. The van der Waals surface area contributed by atoms with Gasteiger partial charge in [-0.05, 0) is 104 Å². The largest absolute Gasteiger partial charge is 0.310 e. The van der Waals surface area contributed by atoms with Crippen LogP contribution in [0.1, 0.15) is 0 Å². The van der Waals surface area contributed by atoms with E-state index in [-0.39, 0.29) is 0 Å². The minimum absolute atomic E-state index is 1.11. The van der Waals surface area contributed by atoms with E-state index in [0.717, 1.165) is 22.7 Å². The van der Waals surface area contributed by atoms with E-state index in [1.807, 2.05) is 0 Å². The van der Waals surface area contributed by atoms with Gasteiger partial charge >= 0.3 is 0 Å². The smallest absolute Gasteiger partial charge is 0.0562 e. The van der Waals surface area contributed by atoms with Crippen LogP contribution in [0.3, 0.4) is 0 Å². The third-order valence-corrected chi connectivity index (χ3v) is 10.1. The lowest BCUT2D eigenvalue weighted by molar-refractivity contribution is 1.18. The summed E-state index contributed by atoms with van der Waals surface area (Å²) in [5, 5.41) is 9.95. The van der Waals surface area contributed by atoms with Crippen molar-refractivity contribution >= 4 is 71.2 Å². The number of benzene rings is 9. The van der Waals surface area contributed by atoms with Gasteiger partial charge < -0.3 is 9.47 Å². The predicted molar refractivity (Wildman–Crippen MR) is 213 cm³/mol. The Kier molecular flexibility index (Phi) is 6.53. The summed E-state index contributed by atoms with van der Waals surface area (Å²) < 4.78 is 2.39. The van der Waals surface area contributed by atoms with Crippen LogP contribution in [-0.4, -0.2) is 4.57 Å². The second-order valence-electron chi connectivity index (χ2n) is 13.0. The molecular formula is C48H32N2. The Hall–Kier alpha value is -6.64. The highest BCUT2D eigenvalue weighted by Crippen LogP contribution is 2.45. The zero-order valence-electron chi connectivity index (χ0n) is 27.4. The molecule has 0 radical (unpaired) electrons. The van der Waals surface area contributed by atoms with Crippen molar-refractivity contribution in [1.82, 2.24) is 4.57 Å². The van der Waals surface area contributed by atoms with E-state index < -0.39 is 0 Å². The molecule has 0 unspecified atom stereocenters. The number of hydrogen-bond donors (Lipinski definition) is 0. The summed E-state index contributed by atoms with van der Waals surface area (Å²) in [5.74, 6) is 0. The second-order valence-corrected chi connectivity index (χ2v) is 13.0. The Bertz CT molecular complexity index is 2860. The van der Waals surface area contributed by atoms with Crippen LogP contribution in [0, 0.1) is 0 Å². The van der Waals surface area contributed by atoms with Crippen LogP contribution in [0.2, 0.25) is 0 Å². The molecule has 0 amide bonds. The monoisotopic (exact) mass is 636 g/mol. The average molecular weight is 637 g/mol. The molecule has 0 saturated carbocycles. The number of nitrogens with zero attached hydrogens (tertiary/aromatic N) is 2. The van der Waals surface area contributed by atoms with Crippen LogP contribution < -0.4 is 4.90 Å². The summed E-state index contributed by atoms with van der Waals surface area (Å²) in [6.07, 6.45) is 0. The van der Waals surface area contributed by atoms with Gasteiger partial charge in [0, 0.05) is 27.8 Å². The van der Waals surface area contributed by atoms with Gasteiger partial charge in [0.2, 0.25) is 0 Å². The minimum Gasteiger partial charge on any atom is -0.310 e. The predicted octanol–water partition coefficient (Wildman–Crippen LogP) is 13.4. The summed E-state index contributed by atoms with van der Waals surface area (Å²) in [5.41, 5.74) is 9.31. The van der Waals surface area contributed by atoms with E-state index in [2.05, 4.69) is 204 Å². The van der Waals surface area contributed by atoms with E-state index in [1.165, 1.54) is 65.3 Å². The molecule has 50 heavy (non-hydrogen) atoms. The number of anilines is 3. The highest BCUT2D eigenvalue weighted by atomic mass is 15.1. The Balaban J connectivity index is 1.22. The summed E-state index contributed by atoms with van der Waals surface area (Å²) >= 11 is 0. The van der Waals surface area contributed by atoms with Crippen LogP contribution in [-0.2, 0) is 0 Å². The van der Waals surface area contributed by atoms with Crippen LogP contribution in [0.4, 0.5) is 17.1 Å². The molecule has 10 aromatic rings. The lowest BCUT2D eigenvalue weighted by Crippen LogP contribution is -2.10. The topological polar surface area (TPSA) is 8.17 Å². The molecule has 0 saturated heterocycles. The fourth-order valence-electron chi connectivity index (χ4n) is 7.77. The molecule has 2 heteroatoms. The maximum atomic E-state index is 2.44. The standard InChI is InChI=1S/C48H32N2/c1-2-14-39(15-3-1)50-45-18-9-8-17-43(45)48-46(19-10-20-47(48)50)49(41-30-27-36-23-22-35-12-6-7-16-42(35)44(36)32-41)40-28-25-34(26-29-40)38-24-21-33-11-4-5-13-37(33)31-38/h1-32H. The van der Waals surface area contributed by atoms with Crippen molar-refractivity contribution in [2.45, 2.75) is 0 Å². The fourth-order valence-corrected chi connectivity index (χ4v) is 7.77. The summed E-state index contributed by atoms with van der Waals surface area (Å²) in [6.45, 7) is 0. The quantitative estimate of drug-likeness (QED) is 0.171. The second kappa shape index (κ2) is 11.5. The molecule has 9 aromatic carbocycles. The number of hydrogen-bond acceptors (Lipinski definition) is 1. The third kappa shape index (κ3) is 4.57. The lowest BCUT2D eigenvalue weighted by atomic mass is 9.99. The van der Waals surface area contributed by atoms with Crippen LogP contribution in [0.5, 0.6) is 0 Å². The first kappa shape index (κ1) is 28.4. The van der Waals surface area contributed by atoms with Gasteiger partial charge in [-0.3, -0.25) is 0 Å². The lowest BCUT2D eigenvalue weighted by Gasteiger charge is -2.27. The molecule has 0 bridgehead atoms. The van der Waals surface area contributed by atoms with Gasteiger partial charge in [-0.2, -0.15) is 0 Å². The molecule has 0 spiro atoms. The first-order valence-electron chi connectivity index (χ1n) is 17.2. The normalized spacial score (nSPS) is 11.6. The Morgan fingerprint density at radius 2 is 0.940 bits per heavy atom. The Morgan fingerprint density at radius 3 is 1.78 bits per heavy atom. The van der Waals surface area contributed by atoms with Gasteiger partial charge in [-0.1, -0.05) is 133 Å². The van der Waals surface area contributed by atoms with E-state index in [4.69, 9.17) is 0 Å². The van der Waals surface area contributed by atoms with Crippen molar-refractivity contribution < 1.29 is 0 Å². The minimum atomic E-state index is 1.11. The molecular weight excluding hydrogens is 605 g/mol. The number of para-hydroxylation sites is 2. The van der Waals surface area contributed by atoms with Crippen molar-refractivity contribution in [3.05, 3.63) is 194 Å². The zero-order valence-corrected chi connectivity index (χ0v) is 27.4. The van der Waals surface area contributed by atoms with Gasteiger partial charge in [0.15, 0.2) is 0 Å². The highest BCUT2D eigenvalue weighted by molar-refractivity contribution is 6.17. The van der Waals surface area contributed by atoms with Gasteiger partial charge in [0.1, 0.15) is 0 Å². The van der Waals surface area contributed by atoms with E-state index >= 15 is 0 Å². The molecule has 2 nitrogen and oxygen atoms in total. The number of rotatable bonds is 5. The fraction of sp³-hybridized carbons (Fsp3) is 0. The summed E-state index contributed by atoms with van der Waals surface area (Å²) in [6, 6.07) is 70.6. The number of aromatic nitrogens is 1. The van der Waals surface area contributed by atoms with Crippen molar-refractivity contribution in [3.63, 3.8) is 0 Å². The Morgan fingerprint density at radius 1 is 0.340 bits per heavy atom. The van der Waals surface area contributed by atoms with Crippen molar-refractivity contribution in [2.75, 3.05) is 4.90 Å². The molecule has 10 rings (SSSR count). The van der Waals surface area contributed by atoms with E-state index in [0.29, 0.717) is 0 Å². The van der Waals surface area contributed by atoms with Crippen molar-refractivity contribution in [1.29, 1.82) is 0 Å². The molecule has 0 N–H and O–H groups in total. The summed E-state index contributed by atoms with van der Waals surface area (Å²) in [4.78, 5) is 2.44. The van der Waals surface area contributed by atoms with Gasteiger partial charge in [0.25, 0.3) is 0 Å². The van der Waals surface area contributed by atoms with Gasteiger partial charge in [-0.15, -0.1) is 0 Å². The summed E-state index contributed by atoms with van der Waals surface area (Å²) in [7, 11) is 0.